The third-order valence-corrected chi connectivity index (χ3v) is 6.63. The highest BCUT2D eigenvalue weighted by atomic mass is 32.1. The molecule has 0 aliphatic rings. The summed E-state index contributed by atoms with van der Waals surface area (Å²) in [4.78, 5) is 0. The Morgan fingerprint density at radius 1 is 0.706 bits per heavy atom. The van der Waals surface area contributed by atoms with Crippen molar-refractivity contribution in [2.45, 2.75) is 24.4 Å². The summed E-state index contributed by atoms with van der Waals surface area (Å²) < 4.78 is 2.50. The monoisotopic (exact) mass is 486 g/mol. The number of aliphatic hydroxyl groups excluding tert-OH is 6. The Hall–Kier alpha value is -2.38. The molecule has 8 N–H and O–H groups in total. The van der Waals surface area contributed by atoms with Gasteiger partial charge in [0.1, 0.15) is 24.4 Å². The summed E-state index contributed by atoms with van der Waals surface area (Å²) in [7, 11) is -1.44. The second-order valence-corrected chi connectivity index (χ2v) is 8.81. The zero-order valence-corrected chi connectivity index (χ0v) is 19.0. The molecule has 34 heavy (non-hydrogen) atoms. The van der Waals surface area contributed by atoms with Gasteiger partial charge in [-0.2, -0.15) is 0 Å². The maximum Gasteiger partial charge on any atom is 0.488 e. The largest absolute Gasteiger partial charge is 0.488 e. The van der Waals surface area contributed by atoms with Gasteiger partial charge in [0.25, 0.3) is 0 Å². The van der Waals surface area contributed by atoms with Crippen molar-refractivity contribution in [3.8, 4) is 11.1 Å². The van der Waals surface area contributed by atoms with Crippen LogP contribution in [-0.2, 0) is 0 Å². The number of hydrogen-bond donors (Lipinski definition) is 8. The molecule has 4 rings (SSSR count). The molecule has 8 nitrogen and oxygen atoms in total. The van der Waals surface area contributed by atoms with Crippen LogP contribution in [0.3, 0.4) is 0 Å². The van der Waals surface area contributed by atoms with Gasteiger partial charge in [-0.3, -0.25) is 0 Å². The van der Waals surface area contributed by atoms with Crippen LogP contribution in [0.15, 0.2) is 66.7 Å². The molecule has 3 aromatic carbocycles. The van der Waals surface area contributed by atoms with Gasteiger partial charge in [-0.05, 0) is 22.7 Å². The topological polar surface area (TPSA) is 162 Å². The molecule has 0 aliphatic heterocycles. The summed E-state index contributed by atoms with van der Waals surface area (Å²) in [5.41, 5.74) is 2.64. The molecule has 4 atom stereocenters. The average molecular weight is 486 g/mol. The van der Waals surface area contributed by atoms with Gasteiger partial charge in [0.05, 0.1) is 13.2 Å². The first-order valence-electron chi connectivity index (χ1n) is 10.6. The molecule has 4 aromatic rings. The molecule has 0 fully saturated rings. The third-order valence-electron chi connectivity index (χ3n) is 5.41. The van der Waals surface area contributed by atoms with Crippen molar-refractivity contribution in [2.75, 3.05) is 13.2 Å². The van der Waals surface area contributed by atoms with Gasteiger partial charge in [-0.1, -0.05) is 60.7 Å². The van der Waals surface area contributed by atoms with Crippen molar-refractivity contribution in [1.82, 2.24) is 0 Å². The molecule has 0 spiro atoms. The first-order valence-corrected chi connectivity index (χ1v) is 11.4. The molecule has 0 saturated carbocycles. The van der Waals surface area contributed by atoms with Crippen LogP contribution < -0.4 is 5.46 Å². The fourth-order valence-electron chi connectivity index (χ4n) is 3.51. The Balaban J connectivity index is 0.000000232. The minimum atomic E-state index is -1.67. The molecule has 180 valence electrons. The summed E-state index contributed by atoms with van der Waals surface area (Å²) in [5.74, 6) is 0. The second-order valence-electron chi connectivity index (χ2n) is 7.76. The van der Waals surface area contributed by atoms with Crippen LogP contribution >= 0.6 is 11.3 Å². The first kappa shape index (κ1) is 26.2. The molecule has 1 aromatic heterocycles. The summed E-state index contributed by atoms with van der Waals surface area (Å²) in [6, 6.07) is 22.1. The van der Waals surface area contributed by atoms with E-state index >= 15 is 0 Å². The fraction of sp³-hybridized carbons (Fsp3) is 0.250. The predicted molar refractivity (Wildman–Crippen MR) is 133 cm³/mol. The number of thiophene rings is 1. The van der Waals surface area contributed by atoms with Gasteiger partial charge >= 0.3 is 7.12 Å². The van der Waals surface area contributed by atoms with Crippen LogP contribution in [-0.4, -0.2) is 85.4 Å². The lowest BCUT2D eigenvalue weighted by Gasteiger charge is -2.24. The summed E-state index contributed by atoms with van der Waals surface area (Å²) >= 11 is 1.77. The van der Waals surface area contributed by atoms with E-state index in [0.29, 0.717) is 5.46 Å². The minimum Gasteiger partial charge on any atom is -0.423 e. The Morgan fingerprint density at radius 3 is 1.91 bits per heavy atom. The Morgan fingerprint density at radius 2 is 1.29 bits per heavy atom. The lowest BCUT2D eigenvalue weighted by atomic mass is 9.79. The van der Waals surface area contributed by atoms with E-state index in [2.05, 4.69) is 42.5 Å². The molecule has 0 bridgehead atoms. The third kappa shape index (κ3) is 5.81. The molecule has 10 heteroatoms. The normalized spacial score (nSPS) is 14.8. The molecular formula is C24H27BO8S. The van der Waals surface area contributed by atoms with Gasteiger partial charge in [0.2, 0.25) is 0 Å². The van der Waals surface area contributed by atoms with Gasteiger partial charge in [-0.25, -0.2) is 0 Å². The van der Waals surface area contributed by atoms with Crippen LogP contribution in [0.5, 0.6) is 0 Å². The van der Waals surface area contributed by atoms with Gasteiger partial charge in [-0.15, -0.1) is 11.3 Å². The van der Waals surface area contributed by atoms with Crippen LogP contribution in [0.4, 0.5) is 0 Å². The second kappa shape index (κ2) is 11.9. The van der Waals surface area contributed by atoms with Crippen molar-refractivity contribution in [3.63, 3.8) is 0 Å². The number of benzene rings is 3. The Bertz CT molecular complexity index is 1200. The number of hydrogen-bond acceptors (Lipinski definition) is 9. The van der Waals surface area contributed by atoms with Crippen LogP contribution in [0.2, 0.25) is 0 Å². The van der Waals surface area contributed by atoms with E-state index in [0.717, 1.165) is 11.1 Å². The molecule has 0 aliphatic carbocycles. The number of rotatable bonds is 7. The lowest BCUT2D eigenvalue weighted by molar-refractivity contribution is -0.123. The van der Waals surface area contributed by atoms with Crippen molar-refractivity contribution in [1.29, 1.82) is 0 Å². The van der Waals surface area contributed by atoms with Crippen LogP contribution in [0.25, 0.3) is 31.3 Å². The maximum absolute atomic E-state index is 9.38. The van der Waals surface area contributed by atoms with Gasteiger partial charge in [0, 0.05) is 20.2 Å². The number of aliphatic hydroxyl groups is 6. The van der Waals surface area contributed by atoms with E-state index in [1.165, 1.54) is 20.2 Å². The standard InChI is InChI=1S/C18H13BO2S.C6H14O6/c20-19(21)13-6-3-5-12(11-13)14-8-4-9-16-15-7-1-2-10-17(15)22-18(14)16;7-1-3(9)5(11)6(12)4(10)2-8/h1-11,20-21H;3-12H,1-2H2/t;3-,4+,5-,6-/m.1/s1. The molecule has 1 heterocycles. The Labute approximate surface area is 200 Å². The van der Waals surface area contributed by atoms with E-state index in [4.69, 9.17) is 30.6 Å². The predicted octanol–water partition coefficient (Wildman–Crippen LogP) is -0.184. The van der Waals surface area contributed by atoms with Crippen LogP contribution in [0.1, 0.15) is 0 Å². The summed E-state index contributed by atoms with van der Waals surface area (Å²) in [6.45, 7) is -1.45. The highest BCUT2D eigenvalue weighted by molar-refractivity contribution is 7.26. The minimum absolute atomic E-state index is 0.510. The average Bonchev–Trinajstić information content (AvgIpc) is 3.26. The highest BCUT2D eigenvalue weighted by Crippen LogP contribution is 2.39. The number of fused-ring (bicyclic) bond motifs is 3. The van der Waals surface area contributed by atoms with Crippen molar-refractivity contribution < 1.29 is 40.7 Å². The lowest BCUT2D eigenvalue weighted by Crippen LogP contribution is -2.46. The van der Waals surface area contributed by atoms with Crippen molar-refractivity contribution >= 4 is 44.1 Å². The van der Waals surface area contributed by atoms with Crippen molar-refractivity contribution in [3.05, 3.63) is 66.7 Å². The quantitative estimate of drug-likeness (QED) is 0.167. The molecule has 0 amide bonds. The first-order chi connectivity index (χ1) is 16.3. The molecule has 0 unspecified atom stereocenters. The van der Waals surface area contributed by atoms with Gasteiger partial charge < -0.3 is 40.7 Å². The summed E-state index contributed by atoms with van der Waals surface area (Å²) in [5, 5.41) is 73.4. The maximum atomic E-state index is 9.38. The van der Waals surface area contributed by atoms with E-state index < -0.39 is 44.7 Å². The van der Waals surface area contributed by atoms with E-state index in [9.17, 15) is 10.0 Å². The smallest absolute Gasteiger partial charge is 0.423 e. The van der Waals surface area contributed by atoms with E-state index in [1.807, 2.05) is 18.2 Å². The van der Waals surface area contributed by atoms with Crippen LogP contribution in [0, 0.1) is 0 Å². The highest BCUT2D eigenvalue weighted by Gasteiger charge is 2.29. The Kier molecular flexibility index (Phi) is 9.14. The molecule has 0 radical (unpaired) electrons. The zero-order chi connectivity index (χ0) is 24.8. The molecule has 0 saturated heterocycles. The zero-order valence-electron chi connectivity index (χ0n) is 18.1. The van der Waals surface area contributed by atoms with E-state index in [1.54, 1.807) is 17.4 Å². The fourth-order valence-corrected chi connectivity index (χ4v) is 4.75. The molecular weight excluding hydrogens is 459 g/mol. The van der Waals surface area contributed by atoms with Gasteiger partial charge in [0.15, 0.2) is 0 Å². The SMILES string of the molecule is OB(O)c1cccc(-c2cccc3c2sc2ccccc23)c1.OC[C@@H](O)[C@@H](O)[C@H](O)[C@@H](O)CO. The summed E-state index contributed by atoms with van der Waals surface area (Å²) in [6.07, 6.45) is -6.39. The van der Waals surface area contributed by atoms with E-state index in [-0.39, 0.29) is 0 Å². The van der Waals surface area contributed by atoms with Crippen molar-refractivity contribution in [2.24, 2.45) is 0 Å².